The first-order valence-corrected chi connectivity index (χ1v) is 9.40. The van der Waals surface area contributed by atoms with Crippen molar-refractivity contribution in [1.29, 1.82) is 0 Å². The molecule has 3 heterocycles. The highest BCUT2D eigenvalue weighted by Crippen LogP contribution is 2.24. The van der Waals surface area contributed by atoms with Crippen LogP contribution in [0.1, 0.15) is 37.3 Å². The number of rotatable bonds is 4. The highest BCUT2D eigenvalue weighted by Gasteiger charge is 2.31. The van der Waals surface area contributed by atoms with Crippen LogP contribution in [-0.2, 0) is 28.0 Å². The summed E-state index contributed by atoms with van der Waals surface area (Å²) in [6.07, 6.45) is 2.85. The van der Waals surface area contributed by atoms with Gasteiger partial charge in [-0.3, -0.25) is 24.0 Å². The second kappa shape index (κ2) is 7.28. The van der Waals surface area contributed by atoms with Crippen molar-refractivity contribution in [2.75, 3.05) is 13.1 Å². The number of nitrogens with one attached hydrogen (secondary N) is 2. The molecule has 1 unspecified atom stereocenters. The number of imidazole rings is 1. The average molecular weight is 372 g/mol. The van der Waals surface area contributed by atoms with Gasteiger partial charge in [-0.2, -0.15) is 0 Å². The number of carbonyl (C=O) groups is 2. The number of nitrogens with zero attached hydrogens (tertiary/aromatic N) is 2. The van der Waals surface area contributed by atoms with Crippen LogP contribution in [0.3, 0.4) is 0 Å². The van der Waals surface area contributed by atoms with Gasteiger partial charge in [0.1, 0.15) is 6.04 Å². The smallest absolute Gasteiger partial charge is 0.329 e. The summed E-state index contributed by atoms with van der Waals surface area (Å²) in [5.41, 5.74) is 2.20. The van der Waals surface area contributed by atoms with E-state index in [4.69, 9.17) is 4.74 Å². The fourth-order valence-corrected chi connectivity index (χ4v) is 3.90. The monoisotopic (exact) mass is 372 g/mol. The van der Waals surface area contributed by atoms with Gasteiger partial charge in [0, 0.05) is 13.5 Å². The maximum Gasteiger partial charge on any atom is 0.329 e. The summed E-state index contributed by atoms with van der Waals surface area (Å²) in [7, 11) is 1.70. The SMILES string of the molecule is Cn1c(=O)n(C2CCC(=O)NC2=O)c2ccc(COC3CCNCC3)cc21. The summed E-state index contributed by atoms with van der Waals surface area (Å²) in [6, 6.07) is 5.09. The second-order valence-corrected chi connectivity index (χ2v) is 7.26. The molecule has 8 heteroatoms. The molecule has 4 rings (SSSR count). The molecule has 0 spiro atoms. The van der Waals surface area contributed by atoms with Crippen LogP contribution in [0.5, 0.6) is 0 Å². The molecule has 2 saturated heterocycles. The molecule has 2 amide bonds. The van der Waals surface area contributed by atoms with Crippen molar-refractivity contribution in [3.63, 3.8) is 0 Å². The van der Waals surface area contributed by atoms with Gasteiger partial charge in [0.2, 0.25) is 11.8 Å². The van der Waals surface area contributed by atoms with E-state index in [9.17, 15) is 14.4 Å². The quantitative estimate of drug-likeness (QED) is 0.766. The van der Waals surface area contributed by atoms with Gasteiger partial charge in [-0.1, -0.05) is 6.07 Å². The van der Waals surface area contributed by atoms with E-state index in [1.807, 2.05) is 18.2 Å². The van der Waals surface area contributed by atoms with Gasteiger partial charge < -0.3 is 10.1 Å². The minimum Gasteiger partial charge on any atom is -0.373 e. The van der Waals surface area contributed by atoms with Crippen molar-refractivity contribution in [3.05, 3.63) is 34.2 Å². The lowest BCUT2D eigenvalue weighted by atomic mass is 10.1. The number of piperidine rings is 2. The summed E-state index contributed by atoms with van der Waals surface area (Å²) in [5, 5.41) is 5.64. The molecule has 1 atom stereocenters. The Balaban J connectivity index is 1.61. The molecule has 0 aliphatic carbocycles. The number of hydrogen-bond acceptors (Lipinski definition) is 5. The summed E-state index contributed by atoms with van der Waals surface area (Å²) in [6.45, 7) is 2.46. The Morgan fingerprint density at radius 1 is 1.11 bits per heavy atom. The maximum atomic E-state index is 12.8. The van der Waals surface area contributed by atoms with Gasteiger partial charge in [-0.05, 0) is 50.0 Å². The number of fused-ring (bicyclic) bond motifs is 1. The molecule has 2 aromatic rings. The molecule has 2 aliphatic heterocycles. The summed E-state index contributed by atoms with van der Waals surface area (Å²) < 4.78 is 9.05. The summed E-state index contributed by atoms with van der Waals surface area (Å²) in [5.74, 6) is -0.707. The standard InChI is InChI=1S/C19H24N4O4/c1-22-16-10-12(11-27-13-6-8-20-9-7-13)2-3-14(16)23(19(22)26)15-4-5-17(24)21-18(15)25/h2-3,10,13,15,20H,4-9,11H2,1H3,(H,21,24,25). The van der Waals surface area contributed by atoms with Crippen molar-refractivity contribution in [2.45, 2.75) is 44.4 Å². The molecular weight excluding hydrogens is 348 g/mol. The van der Waals surface area contributed by atoms with E-state index in [1.165, 1.54) is 4.57 Å². The van der Waals surface area contributed by atoms with E-state index in [-0.39, 0.29) is 24.1 Å². The summed E-state index contributed by atoms with van der Waals surface area (Å²) in [4.78, 5) is 36.4. The normalized spacial score (nSPS) is 21.6. The number of benzene rings is 1. The van der Waals surface area contributed by atoms with Crippen molar-refractivity contribution in [2.24, 2.45) is 7.05 Å². The fraction of sp³-hybridized carbons (Fsp3) is 0.526. The van der Waals surface area contributed by atoms with E-state index in [0.29, 0.717) is 18.5 Å². The Morgan fingerprint density at radius 3 is 2.63 bits per heavy atom. The molecule has 1 aromatic carbocycles. The average Bonchev–Trinajstić information content (AvgIpc) is 2.92. The van der Waals surface area contributed by atoms with Gasteiger partial charge >= 0.3 is 5.69 Å². The number of hydrogen-bond donors (Lipinski definition) is 2. The Bertz CT molecular complexity index is 939. The van der Waals surface area contributed by atoms with Gasteiger partial charge in [0.05, 0.1) is 23.7 Å². The van der Waals surface area contributed by atoms with Crippen LogP contribution in [0.25, 0.3) is 11.0 Å². The Hall–Kier alpha value is -2.45. The number of ether oxygens (including phenoxy) is 1. The predicted molar refractivity (Wildman–Crippen MR) is 99.3 cm³/mol. The van der Waals surface area contributed by atoms with E-state index in [2.05, 4.69) is 10.6 Å². The molecule has 2 aliphatic rings. The van der Waals surface area contributed by atoms with E-state index in [1.54, 1.807) is 11.6 Å². The number of aromatic nitrogens is 2. The molecule has 0 radical (unpaired) electrons. The van der Waals surface area contributed by atoms with Crippen molar-refractivity contribution >= 4 is 22.8 Å². The molecule has 144 valence electrons. The number of imide groups is 1. The van der Waals surface area contributed by atoms with Crippen molar-refractivity contribution < 1.29 is 14.3 Å². The third-order valence-electron chi connectivity index (χ3n) is 5.45. The Morgan fingerprint density at radius 2 is 1.89 bits per heavy atom. The van der Waals surface area contributed by atoms with Crippen LogP contribution in [0.15, 0.2) is 23.0 Å². The fourth-order valence-electron chi connectivity index (χ4n) is 3.90. The van der Waals surface area contributed by atoms with Crippen LogP contribution in [-0.4, -0.2) is 40.1 Å². The minimum absolute atomic E-state index is 0.238. The van der Waals surface area contributed by atoms with E-state index in [0.717, 1.165) is 37.0 Å². The van der Waals surface area contributed by atoms with Crippen LogP contribution in [0, 0.1) is 0 Å². The third-order valence-corrected chi connectivity index (χ3v) is 5.45. The van der Waals surface area contributed by atoms with Crippen molar-refractivity contribution in [1.82, 2.24) is 19.8 Å². The first-order chi connectivity index (χ1) is 13.0. The maximum absolute atomic E-state index is 12.8. The van der Waals surface area contributed by atoms with E-state index >= 15 is 0 Å². The molecule has 2 N–H and O–H groups in total. The Kier molecular flexibility index (Phi) is 4.84. The van der Waals surface area contributed by atoms with Crippen LogP contribution < -0.4 is 16.3 Å². The van der Waals surface area contributed by atoms with Crippen LogP contribution in [0.2, 0.25) is 0 Å². The van der Waals surface area contributed by atoms with Gasteiger partial charge in [-0.15, -0.1) is 0 Å². The molecule has 0 saturated carbocycles. The lowest BCUT2D eigenvalue weighted by molar-refractivity contribution is -0.135. The molecular formula is C19H24N4O4. The minimum atomic E-state index is -0.657. The Labute approximate surface area is 156 Å². The highest BCUT2D eigenvalue weighted by atomic mass is 16.5. The topological polar surface area (TPSA) is 94.4 Å². The molecule has 1 aromatic heterocycles. The molecule has 2 fully saturated rings. The lowest BCUT2D eigenvalue weighted by Crippen LogP contribution is -2.44. The zero-order valence-corrected chi connectivity index (χ0v) is 15.4. The predicted octanol–water partition coefficient (Wildman–Crippen LogP) is 0.586. The van der Waals surface area contributed by atoms with Gasteiger partial charge in [-0.25, -0.2) is 4.79 Å². The zero-order valence-electron chi connectivity index (χ0n) is 15.4. The largest absolute Gasteiger partial charge is 0.373 e. The van der Waals surface area contributed by atoms with Gasteiger partial charge in [0.25, 0.3) is 0 Å². The van der Waals surface area contributed by atoms with Crippen LogP contribution >= 0.6 is 0 Å². The van der Waals surface area contributed by atoms with Crippen molar-refractivity contribution in [3.8, 4) is 0 Å². The zero-order chi connectivity index (χ0) is 19.0. The number of amides is 2. The number of carbonyl (C=O) groups excluding carboxylic acids is 2. The molecule has 0 bridgehead atoms. The third kappa shape index (κ3) is 3.42. The molecule has 8 nitrogen and oxygen atoms in total. The molecule has 27 heavy (non-hydrogen) atoms. The lowest BCUT2D eigenvalue weighted by Gasteiger charge is -2.23. The van der Waals surface area contributed by atoms with E-state index < -0.39 is 11.9 Å². The number of aryl methyl sites for hydroxylation is 1. The van der Waals surface area contributed by atoms with Crippen LogP contribution in [0.4, 0.5) is 0 Å². The summed E-state index contributed by atoms with van der Waals surface area (Å²) >= 11 is 0. The van der Waals surface area contributed by atoms with Gasteiger partial charge in [0.15, 0.2) is 0 Å². The first-order valence-electron chi connectivity index (χ1n) is 9.40. The first kappa shape index (κ1) is 17.9. The highest BCUT2D eigenvalue weighted by molar-refractivity contribution is 6.00. The second-order valence-electron chi connectivity index (χ2n) is 7.26.